The molecule has 5 rings (SSSR count). The SMILES string of the molecule is COc1ccc(Oc2nc(N3CCC(C)CC3)nc3c2CN(Cc2ccc(F)cc2)CC3)cc1. The van der Waals surface area contributed by atoms with Crippen LogP contribution in [0.3, 0.4) is 0 Å². The summed E-state index contributed by atoms with van der Waals surface area (Å²) in [6, 6.07) is 14.3. The number of halogens is 1. The van der Waals surface area contributed by atoms with Crippen LogP contribution in [-0.2, 0) is 19.5 Å². The Labute approximate surface area is 200 Å². The van der Waals surface area contributed by atoms with Crippen molar-refractivity contribution in [2.75, 3.05) is 31.6 Å². The van der Waals surface area contributed by atoms with Crippen molar-refractivity contribution in [1.82, 2.24) is 14.9 Å². The molecule has 0 amide bonds. The van der Waals surface area contributed by atoms with E-state index in [4.69, 9.17) is 19.4 Å². The molecule has 2 aliphatic heterocycles. The molecule has 0 spiro atoms. The first-order valence-corrected chi connectivity index (χ1v) is 12.0. The average Bonchev–Trinajstić information content (AvgIpc) is 2.86. The van der Waals surface area contributed by atoms with Crippen molar-refractivity contribution in [3.05, 3.63) is 71.2 Å². The van der Waals surface area contributed by atoms with E-state index in [1.807, 2.05) is 36.4 Å². The molecule has 7 heteroatoms. The molecule has 0 atom stereocenters. The second-order valence-corrected chi connectivity index (χ2v) is 9.29. The minimum atomic E-state index is -0.212. The predicted molar refractivity (Wildman–Crippen MR) is 130 cm³/mol. The molecule has 3 aromatic rings. The van der Waals surface area contributed by atoms with Crippen LogP contribution in [-0.4, -0.2) is 41.6 Å². The fourth-order valence-electron chi connectivity index (χ4n) is 4.60. The molecule has 2 aliphatic rings. The number of anilines is 1. The minimum absolute atomic E-state index is 0.212. The van der Waals surface area contributed by atoms with Crippen molar-refractivity contribution in [2.24, 2.45) is 5.92 Å². The molecule has 0 bridgehead atoms. The minimum Gasteiger partial charge on any atom is -0.497 e. The van der Waals surface area contributed by atoms with Gasteiger partial charge in [0.1, 0.15) is 17.3 Å². The highest BCUT2D eigenvalue weighted by atomic mass is 19.1. The smallest absolute Gasteiger partial charge is 0.228 e. The molecular weight excluding hydrogens is 431 g/mol. The first kappa shape index (κ1) is 22.6. The van der Waals surface area contributed by atoms with Crippen LogP contribution in [0.5, 0.6) is 17.4 Å². The fourth-order valence-corrected chi connectivity index (χ4v) is 4.60. The molecule has 0 N–H and O–H groups in total. The molecule has 2 aromatic carbocycles. The van der Waals surface area contributed by atoms with Gasteiger partial charge in [0.25, 0.3) is 0 Å². The van der Waals surface area contributed by atoms with Gasteiger partial charge in [0, 0.05) is 39.1 Å². The molecule has 0 unspecified atom stereocenters. The third-order valence-corrected chi connectivity index (χ3v) is 6.75. The van der Waals surface area contributed by atoms with E-state index in [0.717, 1.165) is 85.6 Å². The number of aromatic nitrogens is 2. The second kappa shape index (κ2) is 9.97. The van der Waals surface area contributed by atoms with Crippen molar-refractivity contribution in [1.29, 1.82) is 0 Å². The quantitative estimate of drug-likeness (QED) is 0.501. The summed E-state index contributed by atoms with van der Waals surface area (Å²) >= 11 is 0. The number of methoxy groups -OCH3 is 1. The Bertz CT molecular complexity index is 1110. The topological polar surface area (TPSA) is 50.7 Å². The van der Waals surface area contributed by atoms with E-state index in [1.165, 1.54) is 12.1 Å². The highest BCUT2D eigenvalue weighted by Gasteiger charge is 2.27. The van der Waals surface area contributed by atoms with E-state index in [-0.39, 0.29) is 5.82 Å². The van der Waals surface area contributed by atoms with E-state index in [2.05, 4.69) is 16.7 Å². The molecule has 34 heavy (non-hydrogen) atoms. The maximum atomic E-state index is 13.3. The Kier molecular flexibility index (Phi) is 6.63. The highest BCUT2D eigenvalue weighted by Crippen LogP contribution is 2.33. The summed E-state index contributed by atoms with van der Waals surface area (Å²) < 4.78 is 24.9. The van der Waals surface area contributed by atoms with Gasteiger partial charge in [0.2, 0.25) is 11.8 Å². The van der Waals surface area contributed by atoms with Crippen LogP contribution in [0.2, 0.25) is 0 Å². The summed E-state index contributed by atoms with van der Waals surface area (Å²) in [7, 11) is 1.65. The first-order chi connectivity index (χ1) is 16.6. The van der Waals surface area contributed by atoms with Crippen LogP contribution in [0, 0.1) is 11.7 Å². The van der Waals surface area contributed by atoms with Crippen molar-refractivity contribution < 1.29 is 13.9 Å². The number of rotatable bonds is 6. The van der Waals surface area contributed by atoms with Gasteiger partial charge in [-0.15, -0.1) is 0 Å². The maximum Gasteiger partial charge on any atom is 0.228 e. The molecule has 1 saturated heterocycles. The molecule has 0 aliphatic carbocycles. The van der Waals surface area contributed by atoms with Crippen LogP contribution in [0.1, 0.15) is 36.6 Å². The van der Waals surface area contributed by atoms with Crippen LogP contribution in [0.15, 0.2) is 48.5 Å². The number of hydrogen-bond acceptors (Lipinski definition) is 6. The maximum absolute atomic E-state index is 13.3. The summed E-state index contributed by atoms with van der Waals surface area (Å²) in [5.41, 5.74) is 3.17. The third kappa shape index (κ3) is 5.14. The van der Waals surface area contributed by atoms with Crippen molar-refractivity contribution in [3.8, 4) is 17.4 Å². The molecule has 0 saturated carbocycles. The van der Waals surface area contributed by atoms with Gasteiger partial charge in [-0.1, -0.05) is 19.1 Å². The van der Waals surface area contributed by atoms with Gasteiger partial charge in [0.05, 0.1) is 18.4 Å². The lowest BCUT2D eigenvalue weighted by molar-refractivity contribution is 0.238. The molecule has 6 nitrogen and oxygen atoms in total. The fraction of sp³-hybridized carbons (Fsp3) is 0.407. The number of fused-ring (bicyclic) bond motifs is 1. The normalized spacial score (nSPS) is 16.9. The van der Waals surface area contributed by atoms with Gasteiger partial charge in [-0.25, -0.2) is 9.37 Å². The summed E-state index contributed by atoms with van der Waals surface area (Å²) in [6.45, 7) is 6.57. The summed E-state index contributed by atoms with van der Waals surface area (Å²) in [6.07, 6.45) is 3.14. The van der Waals surface area contributed by atoms with Gasteiger partial charge < -0.3 is 14.4 Å². The summed E-state index contributed by atoms with van der Waals surface area (Å²) in [5, 5.41) is 0. The van der Waals surface area contributed by atoms with E-state index in [9.17, 15) is 4.39 Å². The monoisotopic (exact) mass is 462 g/mol. The lowest BCUT2D eigenvalue weighted by Gasteiger charge is -2.33. The average molecular weight is 463 g/mol. The van der Waals surface area contributed by atoms with E-state index in [0.29, 0.717) is 12.4 Å². The van der Waals surface area contributed by atoms with Crippen LogP contribution < -0.4 is 14.4 Å². The Morgan fingerprint density at radius 3 is 2.35 bits per heavy atom. The van der Waals surface area contributed by atoms with Crippen molar-refractivity contribution in [2.45, 2.75) is 39.3 Å². The lowest BCUT2D eigenvalue weighted by atomic mass is 9.99. The predicted octanol–water partition coefficient (Wildman–Crippen LogP) is 5.21. The summed E-state index contributed by atoms with van der Waals surface area (Å²) in [4.78, 5) is 14.5. The Morgan fingerprint density at radius 2 is 1.65 bits per heavy atom. The highest BCUT2D eigenvalue weighted by molar-refractivity contribution is 5.44. The molecular formula is C27H31FN4O2. The zero-order valence-electron chi connectivity index (χ0n) is 19.8. The van der Waals surface area contributed by atoms with Gasteiger partial charge >= 0.3 is 0 Å². The van der Waals surface area contributed by atoms with E-state index >= 15 is 0 Å². The Hall–Kier alpha value is -3.19. The van der Waals surface area contributed by atoms with E-state index < -0.39 is 0 Å². The molecule has 1 aromatic heterocycles. The van der Waals surface area contributed by atoms with Crippen LogP contribution in [0.25, 0.3) is 0 Å². The molecule has 0 radical (unpaired) electrons. The Morgan fingerprint density at radius 1 is 0.941 bits per heavy atom. The summed E-state index contributed by atoms with van der Waals surface area (Å²) in [5.74, 6) is 3.41. The molecule has 178 valence electrons. The first-order valence-electron chi connectivity index (χ1n) is 12.0. The van der Waals surface area contributed by atoms with Crippen molar-refractivity contribution in [3.63, 3.8) is 0 Å². The van der Waals surface area contributed by atoms with Gasteiger partial charge in [-0.2, -0.15) is 4.98 Å². The lowest BCUT2D eigenvalue weighted by Crippen LogP contribution is -2.36. The Balaban J connectivity index is 1.43. The molecule has 1 fully saturated rings. The zero-order chi connectivity index (χ0) is 23.5. The number of benzene rings is 2. The third-order valence-electron chi connectivity index (χ3n) is 6.75. The largest absolute Gasteiger partial charge is 0.497 e. The standard InChI is InChI=1S/C27H31FN4O2/c1-19-11-15-32(16-12-19)27-29-25-13-14-31(17-20-3-5-21(28)6-4-20)18-24(25)26(30-27)34-23-9-7-22(33-2)8-10-23/h3-10,19H,11-18H2,1-2H3. The van der Waals surface area contributed by atoms with Gasteiger partial charge in [0.15, 0.2) is 0 Å². The van der Waals surface area contributed by atoms with Crippen LogP contribution >= 0.6 is 0 Å². The van der Waals surface area contributed by atoms with Crippen molar-refractivity contribution >= 4 is 5.95 Å². The number of nitrogens with zero attached hydrogens (tertiary/aromatic N) is 4. The van der Waals surface area contributed by atoms with Gasteiger partial charge in [-0.3, -0.25) is 4.90 Å². The zero-order valence-corrected chi connectivity index (χ0v) is 19.8. The van der Waals surface area contributed by atoms with Crippen LogP contribution in [0.4, 0.5) is 10.3 Å². The van der Waals surface area contributed by atoms with Gasteiger partial charge in [-0.05, 0) is 60.7 Å². The second-order valence-electron chi connectivity index (χ2n) is 9.29. The number of hydrogen-bond donors (Lipinski definition) is 0. The number of ether oxygens (including phenoxy) is 2. The van der Waals surface area contributed by atoms with E-state index in [1.54, 1.807) is 7.11 Å². The molecule has 3 heterocycles. The number of piperidine rings is 1.